The Morgan fingerprint density at radius 2 is 1.49 bits per heavy atom. The van der Waals surface area contributed by atoms with Crippen LogP contribution in [0, 0.1) is 86.3 Å². The molecule has 74 heavy (non-hydrogen) atoms. The highest BCUT2D eigenvalue weighted by molar-refractivity contribution is 5.90. The lowest BCUT2D eigenvalue weighted by Gasteiger charge is -2.73. The molecule has 6 fully saturated rings. The number of nitrogens with one attached hydrogen (secondary N) is 1. The third kappa shape index (κ3) is 10.8. The molecule has 0 bridgehead atoms. The number of rotatable bonds is 22. The highest BCUT2D eigenvalue weighted by atomic mass is 16.5. The monoisotopic (exact) mass is 1040 g/mol. The number of allylic oxidation sites excluding steroid dienone is 1. The van der Waals surface area contributed by atoms with Crippen LogP contribution in [-0.4, -0.2) is 138 Å². The second-order valence-corrected chi connectivity index (χ2v) is 28.0. The number of hydrogen-bond donors (Lipinski definition) is 4. The fourth-order valence-corrected chi connectivity index (χ4v) is 18.7. The first-order chi connectivity index (χ1) is 34.6. The zero-order valence-electron chi connectivity index (χ0n) is 49.6. The molecule has 1 aliphatic heterocycles. The number of Topliss-reactive ketones (excluding diaryl/α,β-unsaturated/α-hetero) is 1. The van der Waals surface area contributed by atoms with Crippen molar-refractivity contribution in [1.29, 1.82) is 0 Å². The summed E-state index contributed by atoms with van der Waals surface area (Å²) < 4.78 is 6.14. The standard InChI is InChI=1S/C62H108N4O8/c1-18-39(6)55(65(16)57(73)53(37(2)3)63-56(72)54(38(4)5)64(14)15)47(74-17)34-51(71)66-33-19-20-45(66)43(35-67)41(8)46(69)23-21-40(7)42-25-30-62(36-68)32-31-60(12)44(52(42)62)22-24-49-59(11)28-27-50(70)58(9,10)48(59)26-29-61(49,60)13/h37-39,41-45,47-50,52-55,67-68,70H,7,18-36H2,1-6,8-17H3,(H,63,72)/t39-,41+,42-,43+,44?,45?,47+,48-,49?,50-,52+,53-,54-,55-,59-,60+,61+,62+/m0/s1. The molecule has 12 nitrogen and oxygen atoms in total. The summed E-state index contributed by atoms with van der Waals surface area (Å²) >= 11 is 0. The molecule has 5 saturated carbocycles. The number of aliphatic hydroxyl groups excluding tert-OH is 3. The molecule has 0 aromatic rings. The number of methoxy groups -OCH3 is 1. The molecule has 3 unspecified atom stereocenters. The molecule has 1 heterocycles. The Bertz CT molecular complexity index is 1980. The summed E-state index contributed by atoms with van der Waals surface area (Å²) in [6, 6.07) is -1.93. The lowest BCUT2D eigenvalue weighted by atomic mass is 9.32. The van der Waals surface area contributed by atoms with Crippen molar-refractivity contribution in [3.63, 3.8) is 0 Å². The normalized spacial score (nSPS) is 36.4. The first-order valence-electron chi connectivity index (χ1n) is 29.7. The summed E-state index contributed by atoms with van der Waals surface area (Å²) in [6.07, 6.45) is 13.2. The lowest BCUT2D eigenvalue weighted by Crippen LogP contribution is -2.66. The molecule has 0 radical (unpaired) electrons. The van der Waals surface area contributed by atoms with Gasteiger partial charge in [0.25, 0.3) is 0 Å². The van der Waals surface area contributed by atoms with E-state index >= 15 is 0 Å². The van der Waals surface area contributed by atoms with Crippen LogP contribution in [0.2, 0.25) is 0 Å². The van der Waals surface area contributed by atoms with Gasteiger partial charge in [0.05, 0.1) is 30.7 Å². The molecule has 6 aliphatic rings. The molecule has 0 aromatic heterocycles. The molecule has 4 N–H and O–H groups in total. The van der Waals surface area contributed by atoms with Crippen molar-refractivity contribution in [1.82, 2.24) is 20.0 Å². The topological polar surface area (TPSA) is 160 Å². The maximum absolute atomic E-state index is 14.6. The smallest absolute Gasteiger partial charge is 0.245 e. The van der Waals surface area contributed by atoms with E-state index in [4.69, 9.17) is 11.3 Å². The predicted octanol–water partition coefficient (Wildman–Crippen LogP) is 9.57. The quantitative estimate of drug-likeness (QED) is 0.0775. The van der Waals surface area contributed by atoms with Gasteiger partial charge in [0.2, 0.25) is 17.7 Å². The van der Waals surface area contributed by atoms with Crippen molar-refractivity contribution in [3.8, 4) is 0 Å². The zero-order valence-corrected chi connectivity index (χ0v) is 49.6. The number of ether oxygens (including phenoxy) is 1. The molecule has 424 valence electrons. The largest absolute Gasteiger partial charge is 0.396 e. The Morgan fingerprint density at radius 3 is 2.07 bits per heavy atom. The van der Waals surface area contributed by atoms with E-state index in [1.54, 1.807) is 19.1 Å². The van der Waals surface area contributed by atoms with Crippen LogP contribution < -0.4 is 5.32 Å². The lowest BCUT2D eigenvalue weighted by molar-refractivity contribution is -0.249. The average Bonchev–Trinajstić information content (AvgIpc) is 3.99. The maximum Gasteiger partial charge on any atom is 0.245 e. The van der Waals surface area contributed by atoms with E-state index in [0.717, 1.165) is 69.8 Å². The predicted molar refractivity (Wildman–Crippen MR) is 296 cm³/mol. The summed E-state index contributed by atoms with van der Waals surface area (Å²) in [7, 11) is 7.09. The molecule has 3 amide bonds. The second-order valence-electron chi connectivity index (χ2n) is 28.0. The molecule has 6 rings (SSSR count). The van der Waals surface area contributed by atoms with Gasteiger partial charge in [0.1, 0.15) is 11.8 Å². The van der Waals surface area contributed by atoms with E-state index < -0.39 is 36.1 Å². The van der Waals surface area contributed by atoms with Gasteiger partial charge in [0, 0.05) is 58.2 Å². The van der Waals surface area contributed by atoms with Gasteiger partial charge >= 0.3 is 0 Å². The van der Waals surface area contributed by atoms with E-state index in [0.29, 0.717) is 49.5 Å². The number of nitrogens with zero attached hydrogens (tertiary/aromatic N) is 3. The van der Waals surface area contributed by atoms with Gasteiger partial charge in [-0.15, -0.1) is 0 Å². The number of likely N-dealkylation sites (N-methyl/N-ethyl adjacent to an activating group) is 2. The van der Waals surface area contributed by atoms with Gasteiger partial charge in [-0.2, -0.15) is 0 Å². The van der Waals surface area contributed by atoms with E-state index in [1.165, 1.54) is 12.8 Å². The van der Waals surface area contributed by atoms with Crippen molar-refractivity contribution >= 4 is 23.5 Å². The van der Waals surface area contributed by atoms with Gasteiger partial charge in [-0.05, 0) is 172 Å². The number of ketones is 1. The third-order valence-corrected chi connectivity index (χ3v) is 23.4. The first kappa shape index (κ1) is 60.8. The third-order valence-electron chi connectivity index (χ3n) is 23.4. The Morgan fingerprint density at radius 1 is 0.811 bits per heavy atom. The number of fused-ring (bicyclic) bond motifs is 7. The zero-order chi connectivity index (χ0) is 55.2. The van der Waals surface area contributed by atoms with Crippen LogP contribution in [-0.2, 0) is 23.9 Å². The number of hydrogen-bond acceptors (Lipinski definition) is 9. The molecule has 5 aliphatic carbocycles. The number of amides is 3. The summed E-state index contributed by atoms with van der Waals surface area (Å²) in [5.41, 5.74) is 1.44. The van der Waals surface area contributed by atoms with Crippen molar-refractivity contribution < 1.29 is 39.2 Å². The van der Waals surface area contributed by atoms with Crippen molar-refractivity contribution in [2.24, 2.45) is 86.3 Å². The minimum Gasteiger partial charge on any atom is -0.396 e. The van der Waals surface area contributed by atoms with E-state index in [-0.39, 0.29) is 106 Å². The summed E-state index contributed by atoms with van der Waals surface area (Å²) in [5, 5.41) is 36.7. The van der Waals surface area contributed by atoms with Crippen LogP contribution in [0.5, 0.6) is 0 Å². The highest BCUT2D eigenvalue weighted by Crippen LogP contribution is 2.77. The van der Waals surface area contributed by atoms with Gasteiger partial charge in [-0.3, -0.25) is 24.1 Å². The number of likely N-dealkylation sites (tertiary alicyclic amines) is 1. The minimum atomic E-state index is -0.766. The van der Waals surface area contributed by atoms with E-state index in [1.807, 2.05) is 58.5 Å². The van der Waals surface area contributed by atoms with E-state index in [9.17, 15) is 34.5 Å². The second kappa shape index (κ2) is 23.5. The fraction of sp³-hybridized carbons (Fsp3) is 0.903. The number of carbonyl (C=O) groups excluding carboxylic acids is 4. The molecule has 0 spiro atoms. The van der Waals surface area contributed by atoms with Crippen LogP contribution in [0.3, 0.4) is 0 Å². The van der Waals surface area contributed by atoms with Crippen molar-refractivity contribution in [2.45, 2.75) is 222 Å². The summed E-state index contributed by atoms with van der Waals surface area (Å²) in [4.78, 5) is 62.5. The summed E-state index contributed by atoms with van der Waals surface area (Å²) in [5.74, 6) is 0.674. The van der Waals surface area contributed by atoms with Gasteiger partial charge in [-0.25, -0.2) is 0 Å². The molecule has 12 heteroatoms. The van der Waals surface area contributed by atoms with Gasteiger partial charge < -0.3 is 35.2 Å². The van der Waals surface area contributed by atoms with Crippen LogP contribution in [0.15, 0.2) is 12.2 Å². The Hall–Kier alpha value is -2.38. The Kier molecular flexibility index (Phi) is 19.3. The van der Waals surface area contributed by atoms with Crippen LogP contribution in [0.25, 0.3) is 0 Å². The Labute approximate surface area is 449 Å². The summed E-state index contributed by atoms with van der Waals surface area (Å²) in [6.45, 7) is 31.7. The van der Waals surface area contributed by atoms with Gasteiger partial charge in [0.15, 0.2) is 0 Å². The van der Waals surface area contributed by atoms with Crippen LogP contribution in [0.1, 0.15) is 186 Å². The maximum atomic E-state index is 14.6. The van der Waals surface area contributed by atoms with Crippen molar-refractivity contribution in [3.05, 3.63) is 12.2 Å². The first-order valence-corrected chi connectivity index (χ1v) is 29.7. The molecule has 18 atom stereocenters. The highest BCUT2D eigenvalue weighted by Gasteiger charge is 2.71. The van der Waals surface area contributed by atoms with Crippen molar-refractivity contribution in [2.75, 3.05) is 48.0 Å². The molecular formula is C62H108N4O8. The van der Waals surface area contributed by atoms with Crippen LogP contribution in [0.4, 0.5) is 0 Å². The molecule has 1 saturated heterocycles. The molecule has 0 aromatic carbocycles. The average molecular weight is 1040 g/mol. The fourth-order valence-electron chi connectivity index (χ4n) is 18.7. The number of carbonyl (C=O) groups is 4. The Balaban J connectivity index is 1.12. The van der Waals surface area contributed by atoms with Crippen LogP contribution >= 0.6 is 0 Å². The minimum absolute atomic E-state index is 0.0261. The van der Waals surface area contributed by atoms with Gasteiger partial charge in [-0.1, -0.05) is 102 Å². The SMILES string of the molecule is C=C(CCC(=O)[C@H](C)[C@@H](CO)C1CCCN1C(=O)C[C@@H](OC)[C@H]([C@@H](C)CC)N(C)C(=O)[C@@H](NC(=O)[C@H](C(C)C)N(C)C)C(C)C)[C@@H]1CC[C@]2(CO)CC[C@]3(C)C(CCC4[C@@]5(C)CC[C@H](O)C(C)(C)[C@@H]5CC[C@]43C)[C@@H]12. The van der Waals surface area contributed by atoms with E-state index in [2.05, 4.69) is 53.8 Å². The number of aliphatic hydroxyl groups is 3. The molecular weight excluding hydrogens is 929 g/mol.